The smallest absolute Gasteiger partial charge is 0.246 e. The van der Waals surface area contributed by atoms with Crippen molar-refractivity contribution in [2.45, 2.75) is 19.4 Å². The van der Waals surface area contributed by atoms with Gasteiger partial charge in [0.1, 0.15) is 0 Å². The van der Waals surface area contributed by atoms with Crippen LogP contribution < -0.4 is 10.6 Å². The van der Waals surface area contributed by atoms with Crippen molar-refractivity contribution >= 4 is 29.3 Å². The Morgan fingerprint density at radius 3 is 2.46 bits per heavy atom. The first kappa shape index (κ1) is 17.7. The molecule has 2 aromatic rings. The minimum absolute atomic E-state index is 0.0216. The molecule has 2 amide bonds. The molecular formula is C21H23N3O2. The van der Waals surface area contributed by atoms with Crippen molar-refractivity contribution in [3.05, 3.63) is 66.2 Å². The molecule has 5 nitrogen and oxygen atoms in total. The third-order valence-electron chi connectivity index (χ3n) is 4.29. The molecule has 0 saturated carbocycles. The third-order valence-corrected chi connectivity index (χ3v) is 4.29. The maximum absolute atomic E-state index is 12.4. The molecule has 1 aliphatic rings. The molecular weight excluding hydrogens is 326 g/mol. The molecule has 1 fully saturated rings. The zero-order valence-electron chi connectivity index (χ0n) is 14.8. The maximum Gasteiger partial charge on any atom is 0.246 e. The van der Waals surface area contributed by atoms with Crippen molar-refractivity contribution in [2.24, 2.45) is 0 Å². The number of rotatable bonds is 5. The standard InChI is InChI=1S/C21H23N3O2/c1-16(25)22-19-10-7-17(8-11-19)9-12-21(26)24-14-13-20(15-24)23-18-5-3-2-4-6-18/h2-12,20,23H,13-15H2,1H3,(H,22,25). The summed E-state index contributed by atoms with van der Waals surface area (Å²) in [6, 6.07) is 17.7. The Bertz CT molecular complexity index is 785. The quantitative estimate of drug-likeness (QED) is 0.814. The van der Waals surface area contributed by atoms with E-state index in [4.69, 9.17) is 0 Å². The molecule has 26 heavy (non-hydrogen) atoms. The number of likely N-dealkylation sites (tertiary alicyclic amines) is 1. The minimum atomic E-state index is -0.101. The fraction of sp³-hybridized carbons (Fsp3) is 0.238. The van der Waals surface area contributed by atoms with E-state index in [1.165, 1.54) is 6.92 Å². The summed E-state index contributed by atoms with van der Waals surface area (Å²) in [6.07, 6.45) is 4.36. The van der Waals surface area contributed by atoms with Gasteiger partial charge in [-0.2, -0.15) is 0 Å². The van der Waals surface area contributed by atoms with Gasteiger partial charge < -0.3 is 15.5 Å². The van der Waals surface area contributed by atoms with E-state index >= 15 is 0 Å². The SMILES string of the molecule is CC(=O)Nc1ccc(C=CC(=O)N2CCC(Nc3ccccc3)C2)cc1. The second kappa shape index (κ2) is 8.34. The third kappa shape index (κ3) is 4.96. The Kier molecular flexibility index (Phi) is 5.69. The van der Waals surface area contributed by atoms with Crippen molar-refractivity contribution in [1.29, 1.82) is 0 Å². The van der Waals surface area contributed by atoms with Crippen LogP contribution in [0, 0.1) is 0 Å². The minimum Gasteiger partial charge on any atom is -0.380 e. The van der Waals surface area contributed by atoms with Crippen LogP contribution in [-0.4, -0.2) is 35.8 Å². The summed E-state index contributed by atoms with van der Waals surface area (Å²) in [5.41, 5.74) is 2.75. The van der Waals surface area contributed by atoms with E-state index in [9.17, 15) is 9.59 Å². The zero-order valence-corrected chi connectivity index (χ0v) is 14.8. The molecule has 0 radical (unpaired) electrons. The van der Waals surface area contributed by atoms with Gasteiger partial charge in [0.25, 0.3) is 0 Å². The topological polar surface area (TPSA) is 61.4 Å². The van der Waals surface area contributed by atoms with E-state index in [0.29, 0.717) is 6.54 Å². The molecule has 1 heterocycles. The number of nitrogens with one attached hydrogen (secondary N) is 2. The van der Waals surface area contributed by atoms with Crippen LogP contribution in [0.5, 0.6) is 0 Å². The second-order valence-corrected chi connectivity index (χ2v) is 6.42. The average molecular weight is 349 g/mol. The monoisotopic (exact) mass is 349 g/mol. The predicted octanol–water partition coefficient (Wildman–Crippen LogP) is 3.37. The molecule has 134 valence electrons. The fourth-order valence-corrected chi connectivity index (χ4v) is 3.00. The highest BCUT2D eigenvalue weighted by Crippen LogP contribution is 2.16. The van der Waals surface area contributed by atoms with Gasteiger partial charge in [-0.3, -0.25) is 9.59 Å². The van der Waals surface area contributed by atoms with Crippen molar-refractivity contribution in [1.82, 2.24) is 4.90 Å². The normalized spacial score (nSPS) is 16.7. The fourth-order valence-electron chi connectivity index (χ4n) is 3.00. The molecule has 0 bridgehead atoms. The summed E-state index contributed by atoms with van der Waals surface area (Å²) in [5.74, 6) is -0.0792. The molecule has 1 atom stereocenters. The summed E-state index contributed by atoms with van der Waals surface area (Å²) < 4.78 is 0. The van der Waals surface area contributed by atoms with Crippen molar-refractivity contribution in [3.8, 4) is 0 Å². The van der Waals surface area contributed by atoms with Gasteiger partial charge in [-0.1, -0.05) is 30.3 Å². The number of carbonyl (C=O) groups excluding carboxylic acids is 2. The Morgan fingerprint density at radius 1 is 1.04 bits per heavy atom. The number of hydrogen-bond donors (Lipinski definition) is 2. The molecule has 0 aromatic heterocycles. The van der Waals surface area contributed by atoms with Crippen molar-refractivity contribution in [2.75, 3.05) is 23.7 Å². The van der Waals surface area contributed by atoms with E-state index in [1.807, 2.05) is 59.5 Å². The largest absolute Gasteiger partial charge is 0.380 e. The van der Waals surface area contributed by atoms with Gasteiger partial charge in [-0.05, 0) is 42.3 Å². The summed E-state index contributed by atoms with van der Waals surface area (Å²) in [4.78, 5) is 25.3. The Labute approximate surface area is 153 Å². The van der Waals surface area contributed by atoms with Gasteiger partial charge in [0, 0.05) is 43.5 Å². The molecule has 0 spiro atoms. The van der Waals surface area contributed by atoms with Crippen LogP contribution in [0.2, 0.25) is 0 Å². The van der Waals surface area contributed by atoms with Gasteiger partial charge in [-0.15, -0.1) is 0 Å². The first-order valence-corrected chi connectivity index (χ1v) is 8.76. The zero-order chi connectivity index (χ0) is 18.4. The average Bonchev–Trinajstić information content (AvgIpc) is 3.10. The molecule has 3 rings (SSSR count). The summed E-state index contributed by atoms with van der Waals surface area (Å²) in [5, 5.41) is 6.19. The van der Waals surface area contributed by atoms with Gasteiger partial charge in [0.15, 0.2) is 0 Å². The number of benzene rings is 2. The van der Waals surface area contributed by atoms with Crippen LogP contribution in [0.4, 0.5) is 11.4 Å². The number of hydrogen-bond acceptors (Lipinski definition) is 3. The van der Waals surface area contributed by atoms with Gasteiger partial charge in [0.05, 0.1) is 0 Å². The van der Waals surface area contributed by atoms with E-state index in [2.05, 4.69) is 10.6 Å². The van der Waals surface area contributed by atoms with Gasteiger partial charge >= 0.3 is 0 Å². The second-order valence-electron chi connectivity index (χ2n) is 6.42. The van der Waals surface area contributed by atoms with Crippen LogP contribution in [0.1, 0.15) is 18.9 Å². The first-order chi connectivity index (χ1) is 12.6. The maximum atomic E-state index is 12.4. The molecule has 1 unspecified atom stereocenters. The van der Waals surface area contributed by atoms with Crippen LogP contribution in [0.15, 0.2) is 60.7 Å². The highest BCUT2D eigenvalue weighted by Gasteiger charge is 2.24. The van der Waals surface area contributed by atoms with Gasteiger partial charge in [-0.25, -0.2) is 0 Å². The highest BCUT2D eigenvalue weighted by atomic mass is 16.2. The van der Waals surface area contributed by atoms with E-state index in [0.717, 1.165) is 29.9 Å². The van der Waals surface area contributed by atoms with Crippen molar-refractivity contribution < 1.29 is 9.59 Å². The predicted molar refractivity (Wildman–Crippen MR) is 105 cm³/mol. The Hall–Kier alpha value is -3.08. The molecule has 1 aliphatic heterocycles. The summed E-state index contributed by atoms with van der Waals surface area (Å²) in [6.45, 7) is 2.94. The summed E-state index contributed by atoms with van der Waals surface area (Å²) in [7, 11) is 0. The molecule has 5 heteroatoms. The Morgan fingerprint density at radius 2 is 1.77 bits per heavy atom. The Balaban J connectivity index is 1.52. The molecule has 2 aromatic carbocycles. The van der Waals surface area contributed by atoms with E-state index < -0.39 is 0 Å². The van der Waals surface area contributed by atoms with Crippen LogP contribution in [0.25, 0.3) is 6.08 Å². The molecule has 2 N–H and O–H groups in total. The van der Waals surface area contributed by atoms with Crippen LogP contribution in [-0.2, 0) is 9.59 Å². The number of carbonyl (C=O) groups is 2. The lowest BCUT2D eigenvalue weighted by atomic mass is 10.2. The lowest BCUT2D eigenvalue weighted by molar-refractivity contribution is -0.125. The molecule has 0 aliphatic carbocycles. The van der Waals surface area contributed by atoms with Gasteiger partial charge in [0.2, 0.25) is 11.8 Å². The number of amides is 2. The van der Waals surface area contributed by atoms with E-state index in [1.54, 1.807) is 12.2 Å². The van der Waals surface area contributed by atoms with Crippen LogP contribution >= 0.6 is 0 Å². The first-order valence-electron chi connectivity index (χ1n) is 8.76. The molecule has 1 saturated heterocycles. The number of para-hydroxylation sites is 1. The van der Waals surface area contributed by atoms with E-state index in [-0.39, 0.29) is 17.9 Å². The number of anilines is 2. The van der Waals surface area contributed by atoms with Crippen molar-refractivity contribution in [3.63, 3.8) is 0 Å². The lowest BCUT2D eigenvalue weighted by Crippen LogP contribution is -2.30. The number of nitrogens with zero attached hydrogens (tertiary/aromatic N) is 1. The highest BCUT2D eigenvalue weighted by molar-refractivity contribution is 5.92. The lowest BCUT2D eigenvalue weighted by Gasteiger charge is -2.16. The van der Waals surface area contributed by atoms with Crippen LogP contribution in [0.3, 0.4) is 0 Å². The summed E-state index contributed by atoms with van der Waals surface area (Å²) >= 11 is 0.